The summed E-state index contributed by atoms with van der Waals surface area (Å²) in [5, 5.41) is 0.283. The van der Waals surface area contributed by atoms with Crippen molar-refractivity contribution in [2.24, 2.45) is 14.1 Å². The molecule has 0 amide bonds. The van der Waals surface area contributed by atoms with Crippen LogP contribution in [0.15, 0.2) is 27.9 Å². The van der Waals surface area contributed by atoms with Crippen LogP contribution in [0.5, 0.6) is 0 Å². The molecule has 3 aromatic rings. The summed E-state index contributed by atoms with van der Waals surface area (Å²) in [5.41, 5.74) is 1.12. The Kier molecular flexibility index (Phi) is 2.62. The lowest BCUT2D eigenvalue weighted by Crippen LogP contribution is -2.37. The number of hydrogen-bond acceptors (Lipinski definition) is 4. The molecule has 0 unspecified atom stereocenters. The highest BCUT2D eigenvalue weighted by Gasteiger charge is 2.13. The molecule has 0 aliphatic carbocycles. The molecule has 0 saturated carbocycles. The summed E-state index contributed by atoms with van der Waals surface area (Å²) < 4.78 is 4.42. The summed E-state index contributed by atoms with van der Waals surface area (Å²) >= 11 is 5.38. The Balaban J connectivity index is 2.75. The SMILES string of the molecule is Cc1ccn2c(=S)c3c(=O)n(C)c(=O)n(C)c3nc2c1. The highest BCUT2D eigenvalue weighted by atomic mass is 32.1. The molecule has 3 heterocycles. The Morgan fingerprint density at radius 2 is 1.90 bits per heavy atom. The number of pyridine rings is 1. The van der Waals surface area contributed by atoms with Crippen molar-refractivity contribution >= 4 is 28.9 Å². The van der Waals surface area contributed by atoms with E-state index in [1.807, 2.05) is 19.1 Å². The summed E-state index contributed by atoms with van der Waals surface area (Å²) in [5.74, 6) is 0. The highest BCUT2D eigenvalue weighted by Crippen LogP contribution is 2.12. The summed E-state index contributed by atoms with van der Waals surface area (Å²) in [7, 11) is 3.01. The molecule has 0 atom stereocenters. The maximum Gasteiger partial charge on any atom is 0.332 e. The first kappa shape index (κ1) is 12.7. The van der Waals surface area contributed by atoms with E-state index in [1.165, 1.54) is 11.6 Å². The van der Waals surface area contributed by atoms with Crippen molar-refractivity contribution in [2.45, 2.75) is 6.92 Å². The van der Waals surface area contributed by atoms with Gasteiger partial charge in [0.1, 0.15) is 15.7 Å². The van der Waals surface area contributed by atoms with Crippen LogP contribution in [0, 0.1) is 11.6 Å². The fraction of sp³-hybridized carbons (Fsp3) is 0.231. The molecule has 0 radical (unpaired) electrons. The van der Waals surface area contributed by atoms with Gasteiger partial charge in [0.05, 0.1) is 0 Å². The van der Waals surface area contributed by atoms with Crippen molar-refractivity contribution in [2.75, 3.05) is 0 Å². The number of fused-ring (bicyclic) bond motifs is 2. The minimum Gasteiger partial charge on any atom is -0.291 e. The van der Waals surface area contributed by atoms with Crippen molar-refractivity contribution in [3.05, 3.63) is 49.4 Å². The third kappa shape index (κ3) is 1.56. The monoisotopic (exact) mass is 288 g/mol. The summed E-state index contributed by atoms with van der Waals surface area (Å²) in [6, 6.07) is 3.75. The minimum absolute atomic E-state index is 0.283. The van der Waals surface area contributed by atoms with Crippen molar-refractivity contribution in [1.29, 1.82) is 0 Å². The van der Waals surface area contributed by atoms with Crippen LogP contribution in [0.1, 0.15) is 5.56 Å². The van der Waals surface area contributed by atoms with E-state index >= 15 is 0 Å². The Morgan fingerprint density at radius 3 is 2.60 bits per heavy atom. The second-order valence-electron chi connectivity index (χ2n) is 4.75. The molecule has 0 saturated heterocycles. The Bertz CT molecular complexity index is 1040. The molecule has 6 nitrogen and oxygen atoms in total. The lowest BCUT2D eigenvalue weighted by molar-refractivity contribution is 0.706. The van der Waals surface area contributed by atoms with E-state index in [4.69, 9.17) is 12.2 Å². The van der Waals surface area contributed by atoms with Gasteiger partial charge in [0.25, 0.3) is 5.56 Å². The van der Waals surface area contributed by atoms with Gasteiger partial charge in [-0.05, 0) is 24.6 Å². The molecule has 0 aromatic carbocycles. The van der Waals surface area contributed by atoms with Crippen LogP contribution in [0.4, 0.5) is 0 Å². The first-order valence-electron chi connectivity index (χ1n) is 6.00. The standard InChI is InChI=1S/C13H12N4O2S/c1-7-4-5-17-8(6-7)14-10-9(12(17)20)11(18)16(3)13(19)15(10)2/h4-6H,1-3H3. The molecule has 0 spiro atoms. The van der Waals surface area contributed by atoms with Crippen molar-refractivity contribution < 1.29 is 0 Å². The average Bonchev–Trinajstić information content (AvgIpc) is 2.42. The number of rotatable bonds is 0. The van der Waals surface area contributed by atoms with Gasteiger partial charge in [0.2, 0.25) is 0 Å². The number of aromatic nitrogens is 4. The maximum absolute atomic E-state index is 12.3. The van der Waals surface area contributed by atoms with Crippen LogP contribution in [0.2, 0.25) is 0 Å². The summed E-state index contributed by atoms with van der Waals surface area (Å²) in [6.45, 7) is 1.94. The molecule has 0 aliphatic rings. The van der Waals surface area contributed by atoms with Crippen LogP contribution in [0.25, 0.3) is 16.7 Å². The Hall–Kier alpha value is -2.28. The molecule has 7 heteroatoms. The van der Waals surface area contributed by atoms with E-state index < -0.39 is 11.2 Å². The van der Waals surface area contributed by atoms with E-state index in [-0.39, 0.29) is 5.39 Å². The van der Waals surface area contributed by atoms with Crippen molar-refractivity contribution in [3.8, 4) is 0 Å². The molecule has 20 heavy (non-hydrogen) atoms. The Morgan fingerprint density at radius 1 is 1.20 bits per heavy atom. The first-order valence-corrected chi connectivity index (χ1v) is 6.41. The molecule has 0 fully saturated rings. The highest BCUT2D eigenvalue weighted by molar-refractivity contribution is 7.71. The van der Waals surface area contributed by atoms with E-state index in [0.717, 1.165) is 10.1 Å². The molecule has 0 N–H and O–H groups in total. The van der Waals surface area contributed by atoms with Gasteiger partial charge in [-0.2, -0.15) is 0 Å². The van der Waals surface area contributed by atoms with Crippen molar-refractivity contribution in [1.82, 2.24) is 18.5 Å². The topological polar surface area (TPSA) is 61.3 Å². The number of aryl methyl sites for hydroxylation is 2. The Labute approximate surface area is 118 Å². The fourth-order valence-corrected chi connectivity index (χ4v) is 2.56. The fourth-order valence-electron chi connectivity index (χ4n) is 2.23. The predicted molar refractivity (Wildman–Crippen MR) is 78.8 cm³/mol. The zero-order chi connectivity index (χ0) is 14.6. The van der Waals surface area contributed by atoms with Gasteiger partial charge in [-0.3, -0.25) is 18.3 Å². The van der Waals surface area contributed by atoms with Gasteiger partial charge in [-0.25, -0.2) is 9.78 Å². The van der Waals surface area contributed by atoms with Crippen LogP contribution >= 0.6 is 12.2 Å². The van der Waals surface area contributed by atoms with E-state index in [0.29, 0.717) is 15.9 Å². The van der Waals surface area contributed by atoms with Gasteiger partial charge in [0, 0.05) is 20.3 Å². The zero-order valence-electron chi connectivity index (χ0n) is 11.2. The smallest absolute Gasteiger partial charge is 0.291 e. The van der Waals surface area contributed by atoms with E-state index in [9.17, 15) is 9.59 Å². The zero-order valence-corrected chi connectivity index (χ0v) is 12.1. The summed E-state index contributed by atoms with van der Waals surface area (Å²) in [4.78, 5) is 28.6. The van der Waals surface area contributed by atoms with Crippen LogP contribution in [0.3, 0.4) is 0 Å². The lowest BCUT2D eigenvalue weighted by atomic mass is 10.3. The predicted octanol–water partition coefficient (Wildman–Crippen LogP) is 0.923. The number of hydrogen-bond donors (Lipinski definition) is 0. The first-order chi connectivity index (χ1) is 9.41. The lowest BCUT2D eigenvalue weighted by Gasteiger charge is -2.09. The van der Waals surface area contributed by atoms with Crippen molar-refractivity contribution in [3.63, 3.8) is 0 Å². The molecular formula is C13H12N4O2S. The molecular weight excluding hydrogens is 276 g/mol. The van der Waals surface area contributed by atoms with Gasteiger partial charge < -0.3 is 0 Å². The van der Waals surface area contributed by atoms with Crippen LogP contribution in [-0.2, 0) is 14.1 Å². The quantitative estimate of drug-likeness (QED) is 0.456. The van der Waals surface area contributed by atoms with E-state index in [2.05, 4.69) is 4.98 Å². The third-order valence-corrected chi connectivity index (χ3v) is 3.78. The largest absolute Gasteiger partial charge is 0.332 e. The molecule has 3 aromatic heterocycles. The summed E-state index contributed by atoms with van der Waals surface area (Å²) in [6.07, 6.45) is 1.78. The van der Waals surface area contributed by atoms with Gasteiger partial charge in [-0.1, -0.05) is 12.2 Å². The average molecular weight is 288 g/mol. The van der Waals surface area contributed by atoms with E-state index in [1.54, 1.807) is 17.6 Å². The molecule has 0 bridgehead atoms. The van der Waals surface area contributed by atoms with Gasteiger partial charge in [0.15, 0.2) is 5.65 Å². The van der Waals surface area contributed by atoms with Gasteiger partial charge >= 0.3 is 5.69 Å². The maximum atomic E-state index is 12.3. The van der Waals surface area contributed by atoms with Gasteiger partial charge in [-0.15, -0.1) is 0 Å². The minimum atomic E-state index is -0.421. The third-order valence-electron chi connectivity index (χ3n) is 3.38. The second-order valence-corrected chi connectivity index (χ2v) is 5.14. The normalized spacial score (nSPS) is 11.3. The molecule has 3 rings (SSSR count). The molecule has 0 aliphatic heterocycles. The van der Waals surface area contributed by atoms with Crippen LogP contribution < -0.4 is 11.2 Å². The van der Waals surface area contributed by atoms with Crippen LogP contribution in [-0.4, -0.2) is 18.5 Å². The molecule has 102 valence electrons. The number of nitrogens with zero attached hydrogens (tertiary/aromatic N) is 4. The second kappa shape index (κ2) is 4.11.